The lowest BCUT2D eigenvalue weighted by Gasteiger charge is -2.47. The highest BCUT2D eigenvalue weighted by Gasteiger charge is 2.51. The van der Waals surface area contributed by atoms with Crippen LogP contribution in [-0.2, 0) is 11.3 Å². The number of hydrogen-bond donors (Lipinski definition) is 2. The Morgan fingerprint density at radius 2 is 1.84 bits per heavy atom. The van der Waals surface area contributed by atoms with Crippen molar-refractivity contribution < 1.29 is 19.7 Å². The largest absolute Gasteiger partial charge is 0.494 e. The molecule has 1 aliphatic carbocycles. The van der Waals surface area contributed by atoms with Gasteiger partial charge in [-0.05, 0) is 61.1 Å². The van der Waals surface area contributed by atoms with Crippen molar-refractivity contribution in [1.82, 2.24) is 4.90 Å². The fourth-order valence-corrected chi connectivity index (χ4v) is 5.19. The van der Waals surface area contributed by atoms with Gasteiger partial charge in [0, 0.05) is 49.3 Å². The van der Waals surface area contributed by atoms with Crippen LogP contribution in [0.2, 0.25) is 0 Å². The van der Waals surface area contributed by atoms with Gasteiger partial charge in [0.15, 0.2) is 6.29 Å². The average molecular weight is 423 g/mol. The Balaban J connectivity index is 1.24. The molecule has 6 heteroatoms. The van der Waals surface area contributed by atoms with Crippen LogP contribution in [0.5, 0.6) is 5.75 Å². The molecule has 6 nitrogen and oxygen atoms in total. The highest BCUT2D eigenvalue weighted by molar-refractivity contribution is 5.96. The predicted octanol–water partition coefficient (Wildman–Crippen LogP) is 3.18. The van der Waals surface area contributed by atoms with Gasteiger partial charge < -0.3 is 19.8 Å². The number of likely N-dealkylation sites (tertiary alicyclic amines) is 1. The SMILES string of the molecule is CCOc1ccc(C2CC2)c(CN2CC3(CC(=O)N(c4ccc(C(O)O)cc4)C3)C2)c1. The van der Waals surface area contributed by atoms with E-state index in [1.54, 1.807) is 24.3 Å². The van der Waals surface area contributed by atoms with E-state index in [1.807, 2.05) is 11.8 Å². The molecule has 2 heterocycles. The first-order valence-corrected chi connectivity index (χ1v) is 11.2. The summed E-state index contributed by atoms with van der Waals surface area (Å²) in [6, 6.07) is 13.4. The zero-order chi connectivity index (χ0) is 21.6. The molecule has 2 aromatic rings. The van der Waals surface area contributed by atoms with Crippen molar-refractivity contribution in [1.29, 1.82) is 0 Å². The molecule has 0 aromatic heterocycles. The zero-order valence-electron chi connectivity index (χ0n) is 18.0. The molecule has 1 amide bonds. The molecule has 164 valence electrons. The van der Waals surface area contributed by atoms with Crippen LogP contribution in [0, 0.1) is 5.41 Å². The number of amides is 1. The fourth-order valence-electron chi connectivity index (χ4n) is 5.19. The first-order valence-electron chi connectivity index (χ1n) is 11.2. The number of carbonyl (C=O) groups is 1. The average Bonchev–Trinajstić information content (AvgIpc) is 3.50. The van der Waals surface area contributed by atoms with E-state index in [0.29, 0.717) is 24.5 Å². The second-order valence-electron chi connectivity index (χ2n) is 9.33. The third kappa shape index (κ3) is 4.07. The van der Waals surface area contributed by atoms with Gasteiger partial charge in [0.25, 0.3) is 0 Å². The van der Waals surface area contributed by atoms with E-state index in [2.05, 4.69) is 23.1 Å². The lowest BCUT2D eigenvalue weighted by Crippen LogP contribution is -2.56. The van der Waals surface area contributed by atoms with Crippen molar-refractivity contribution in [2.75, 3.05) is 31.1 Å². The summed E-state index contributed by atoms with van der Waals surface area (Å²) in [7, 11) is 0. The number of rotatable bonds is 7. The summed E-state index contributed by atoms with van der Waals surface area (Å²) in [6.07, 6.45) is 1.64. The smallest absolute Gasteiger partial charge is 0.227 e. The molecule has 5 rings (SSSR count). The van der Waals surface area contributed by atoms with Gasteiger partial charge in [-0.1, -0.05) is 18.2 Å². The van der Waals surface area contributed by atoms with Gasteiger partial charge in [-0.3, -0.25) is 9.69 Å². The molecule has 0 bridgehead atoms. The summed E-state index contributed by atoms with van der Waals surface area (Å²) >= 11 is 0. The number of aliphatic hydroxyl groups is 2. The highest BCUT2D eigenvalue weighted by atomic mass is 16.5. The van der Waals surface area contributed by atoms with Crippen molar-refractivity contribution in [2.24, 2.45) is 5.41 Å². The maximum atomic E-state index is 12.7. The van der Waals surface area contributed by atoms with Gasteiger partial charge in [0.1, 0.15) is 5.75 Å². The van der Waals surface area contributed by atoms with Crippen molar-refractivity contribution in [2.45, 2.75) is 44.9 Å². The normalized spacial score (nSPS) is 20.5. The van der Waals surface area contributed by atoms with Crippen molar-refractivity contribution in [3.8, 4) is 5.75 Å². The molecule has 2 aliphatic heterocycles. The fraction of sp³-hybridized carbons (Fsp3) is 0.480. The van der Waals surface area contributed by atoms with E-state index in [-0.39, 0.29) is 11.3 Å². The quantitative estimate of drug-likeness (QED) is 0.671. The molecular weight excluding hydrogens is 392 g/mol. The third-order valence-corrected chi connectivity index (χ3v) is 6.78. The van der Waals surface area contributed by atoms with Crippen LogP contribution in [0.25, 0.3) is 0 Å². The zero-order valence-corrected chi connectivity index (χ0v) is 18.0. The number of benzene rings is 2. The minimum Gasteiger partial charge on any atom is -0.494 e. The number of hydrogen-bond acceptors (Lipinski definition) is 5. The Morgan fingerprint density at radius 3 is 2.48 bits per heavy atom. The summed E-state index contributed by atoms with van der Waals surface area (Å²) in [5, 5.41) is 18.6. The second kappa shape index (κ2) is 7.93. The number of nitrogens with zero attached hydrogens (tertiary/aromatic N) is 2. The summed E-state index contributed by atoms with van der Waals surface area (Å²) in [6.45, 7) is 6.15. The molecule has 1 spiro atoms. The standard InChI is InChI=1S/C25H30N2O4/c1-2-31-21-9-10-22(17-3-4-17)19(11-21)13-26-14-25(15-26)12-23(28)27(16-25)20-7-5-18(6-8-20)24(29)30/h5-11,17,24,29-30H,2-4,12-16H2,1H3. The molecule has 31 heavy (non-hydrogen) atoms. The molecule has 3 aliphatic rings. The van der Waals surface area contributed by atoms with Gasteiger partial charge in [0.2, 0.25) is 5.91 Å². The van der Waals surface area contributed by atoms with Crippen molar-refractivity contribution in [3.63, 3.8) is 0 Å². The van der Waals surface area contributed by atoms with E-state index in [0.717, 1.165) is 37.6 Å². The number of carbonyl (C=O) groups excluding carboxylic acids is 1. The van der Waals surface area contributed by atoms with E-state index in [9.17, 15) is 15.0 Å². The van der Waals surface area contributed by atoms with Crippen LogP contribution in [-0.4, -0.2) is 47.3 Å². The highest BCUT2D eigenvalue weighted by Crippen LogP contribution is 2.45. The lowest BCUT2D eigenvalue weighted by atomic mass is 9.78. The molecule has 3 fully saturated rings. The molecule has 2 aromatic carbocycles. The topological polar surface area (TPSA) is 73.2 Å². The maximum absolute atomic E-state index is 12.7. The summed E-state index contributed by atoms with van der Waals surface area (Å²) < 4.78 is 5.73. The first-order chi connectivity index (χ1) is 15.0. The van der Waals surface area contributed by atoms with Crippen LogP contribution in [0.1, 0.15) is 55.1 Å². The molecule has 2 saturated heterocycles. The first kappa shape index (κ1) is 20.5. The Kier molecular flexibility index (Phi) is 5.24. The third-order valence-electron chi connectivity index (χ3n) is 6.78. The molecule has 2 N–H and O–H groups in total. The Labute approximate surface area is 183 Å². The van der Waals surface area contributed by atoms with Crippen LogP contribution in [0.4, 0.5) is 5.69 Å². The molecule has 1 saturated carbocycles. The number of anilines is 1. The summed E-state index contributed by atoms with van der Waals surface area (Å²) in [5.74, 6) is 1.79. The maximum Gasteiger partial charge on any atom is 0.227 e. The van der Waals surface area contributed by atoms with Crippen LogP contribution in [0.15, 0.2) is 42.5 Å². The molecule has 0 unspecified atom stereocenters. The van der Waals surface area contributed by atoms with Crippen molar-refractivity contribution >= 4 is 11.6 Å². The van der Waals surface area contributed by atoms with E-state index >= 15 is 0 Å². The number of ether oxygens (including phenoxy) is 1. The van der Waals surface area contributed by atoms with Crippen LogP contribution < -0.4 is 9.64 Å². The Hall–Kier alpha value is -2.41. The predicted molar refractivity (Wildman–Crippen MR) is 118 cm³/mol. The van der Waals surface area contributed by atoms with E-state index in [1.165, 1.54) is 24.0 Å². The van der Waals surface area contributed by atoms with Crippen LogP contribution in [0.3, 0.4) is 0 Å². The van der Waals surface area contributed by atoms with Gasteiger partial charge in [-0.25, -0.2) is 0 Å². The van der Waals surface area contributed by atoms with E-state index in [4.69, 9.17) is 4.74 Å². The minimum absolute atomic E-state index is 0.0174. The lowest BCUT2D eigenvalue weighted by molar-refractivity contribution is -0.119. The summed E-state index contributed by atoms with van der Waals surface area (Å²) in [5.41, 5.74) is 4.09. The second-order valence-corrected chi connectivity index (χ2v) is 9.33. The molecule has 0 atom stereocenters. The van der Waals surface area contributed by atoms with Gasteiger partial charge in [-0.15, -0.1) is 0 Å². The minimum atomic E-state index is -1.49. The molecule has 0 radical (unpaired) electrons. The van der Waals surface area contributed by atoms with Gasteiger partial charge >= 0.3 is 0 Å². The van der Waals surface area contributed by atoms with Crippen molar-refractivity contribution in [3.05, 3.63) is 59.2 Å². The van der Waals surface area contributed by atoms with Gasteiger partial charge in [0.05, 0.1) is 6.61 Å². The Bertz CT molecular complexity index is 962. The number of aliphatic hydroxyl groups excluding tert-OH is 1. The van der Waals surface area contributed by atoms with Gasteiger partial charge in [-0.2, -0.15) is 0 Å². The summed E-state index contributed by atoms with van der Waals surface area (Å²) in [4.78, 5) is 17.0. The monoisotopic (exact) mass is 422 g/mol. The van der Waals surface area contributed by atoms with E-state index < -0.39 is 6.29 Å². The Morgan fingerprint density at radius 1 is 1.10 bits per heavy atom. The van der Waals surface area contributed by atoms with Crippen LogP contribution >= 0.6 is 0 Å². The molecular formula is C25H30N2O4.